The standard InChI is InChI=1S/C12H14N.BrH/c1-10(2)13-8-7-11-5-3-4-6-12(11)9-13;/h3-10H,1-2H3;1H/q+1;/p-1. The van der Waals surface area contributed by atoms with Gasteiger partial charge in [-0.05, 0) is 25.3 Å². The van der Waals surface area contributed by atoms with Gasteiger partial charge in [-0.25, -0.2) is 4.57 Å². The predicted molar refractivity (Wildman–Crippen MR) is 54.5 cm³/mol. The van der Waals surface area contributed by atoms with Crippen LogP contribution < -0.4 is 21.5 Å². The Morgan fingerprint density at radius 2 is 1.64 bits per heavy atom. The van der Waals surface area contributed by atoms with Gasteiger partial charge in [0.15, 0.2) is 18.4 Å². The van der Waals surface area contributed by atoms with Gasteiger partial charge in [-0.3, -0.25) is 0 Å². The molecule has 0 amide bonds. The summed E-state index contributed by atoms with van der Waals surface area (Å²) < 4.78 is 2.22. The molecule has 0 N–H and O–H groups in total. The van der Waals surface area contributed by atoms with Gasteiger partial charge in [-0.1, -0.05) is 18.2 Å². The van der Waals surface area contributed by atoms with Gasteiger partial charge in [0, 0.05) is 11.5 Å². The fourth-order valence-corrected chi connectivity index (χ4v) is 1.47. The zero-order chi connectivity index (χ0) is 9.26. The van der Waals surface area contributed by atoms with Crippen LogP contribution in [0.1, 0.15) is 19.9 Å². The maximum atomic E-state index is 2.22. The van der Waals surface area contributed by atoms with Crippen molar-refractivity contribution < 1.29 is 21.5 Å². The minimum Gasteiger partial charge on any atom is -1.00 e. The molecule has 1 nitrogen and oxygen atoms in total. The highest BCUT2D eigenvalue weighted by molar-refractivity contribution is 5.80. The Labute approximate surface area is 95.2 Å². The summed E-state index contributed by atoms with van der Waals surface area (Å²) in [6.45, 7) is 4.38. The molecule has 0 fully saturated rings. The molecule has 0 saturated heterocycles. The molecular weight excluding hydrogens is 238 g/mol. The van der Waals surface area contributed by atoms with Gasteiger partial charge in [0.05, 0.1) is 0 Å². The summed E-state index contributed by atoms with van der Waals surface area (Å²) in [7, 11) is 0. The molecule has 0 radical (unpaired) electrons. The van der Waals surface area contributed by atoms with Crippen LogP contribution in [0.5, 0.6) is 0 Å². The van der Waals surface area contributed by atoms with E-state index in [2.05, 4.69) is 61.1 Å². The van der Waals surface area contributed by atoms with Crippen molar-refractivity contribution in [1.29, 1.82) is 0 Å². The highest BCUT2D eigenvalue weighted by Crippen LogP contribution is 2.10. The molecule has 1 aromatic heterocycles. The van der Waals surface area contributed by atoms with Gasteiger partial charge in [0.25, 0.3) is 0 Å². The molecule has 0 atom stereocenters. The Balaban J connectivity index is 0.000000980. The summed E-state index contributed by atoms with van der Waals surface area (Å²) in [5, 5.41) is 2.61. The minimum atomic E-state index is 0. The number of pyridine rings is 1. The predicted octanol–water partition coefficient (Wildman–Crippen LogP) is -0.288. The minimum absolute atomic E-state index is 0. The van der Waals surface area contributed by atoms with Crippen molar-refractivity contribution in [3.8, 4) is 0 Å². The largest absolute Gasteiger partial charge is 1.00 e. The maximum Gasteiger partial charge on any atom is 0.176 e. The van der Waals surface area contributed by atoms with Crippen LogP contribution in [0.2, 0.25) is 0 Å². The van der Waals surface area contributed by atoms with E-state index in [1.165, 1.54) is 10.8 Å². The molecule has 0 unspecified atom stereocenters. The van der Waals surface area contributed by atoms with Crippen LogP contribution in [0.15, 0.2) is 42.7 Å². The summed E-state index contributed by atoms with van der Waals surface area (Å²) in [5.41, 5.74) is 0. The first-order valence-electron chi connectivity index (χ1n) is 4.67. The Bertz CT molecular complexity index is 423. The van der Waals surface area contributed by atoms with Crippen molar-refractivity contribution in [2.24, 2.45) is 0 Å². The van der Waals surface area contributed by atoms with Gasteiger partial charge >= 0.3 is 0 Å². The zero-order valence-electron chi connectivity index (χ0n) is 8.44. The van der Waals surface area contributed by atoms with E-state index in [0.29, 0.717) is 6.04 Å². The van der Waals surface area contributed by atoms with E-state index in [-0.39, 0.29) is 17.0 Å². The van der Waals surface area contributed by atoms with Gasteiger partial charge in [-0.2, -0.15) is 0 Å². The van der Waals surface area contributed by atoms with E-state index >= 15 is 0 Å². The van der Waals surface area contributed by atoms with Crippen LogP contribution in [-0.4, -0.2) is 0 Å². The van der Waals surface area contributed by atoms with Crippen LogP contribution in [0.25, 0.3) is 10.8 Å². The van der Waals surface area contributed by atoms with Gasteiger partial charge in [0.2, 0.25) is 0 Å². The molecule has 0 saturated carbocycles. The molecule has 0 aliphatic heterocycles. The van der Waals surface area contributed by atoms with Crippen LogP contribution in [0.3, 0.4) is 0 Å². The summed E-state index contributed by atoms with van der Waals surface area (Å²) in [6, 6.07) is 11.1. The first-order valence-corrected chi connectivity index (χ1v) is 4.67. The smallest absolute Gasteiger partial charge is 0.176 e. The number of nitrogens with zero attached hydrogens (tertiary/aromatic N) is 1. The van der Waals surface area contributed by atoms with Crippen molar-refractivity contribution in [3.63, 3.8) is 0 Å². The third kappa shape index (κ3) is 2.13. The van der Waals surface area contributed by atoms with Crippen molar-refractivity contribution in [2.45, 2.75) is 19.9 Å². The number of rotatable bonds is 1. The first kappa shape index (κ1) is 11.2. The average Bonchev–Trinajstić information content (AvgIpc) is 2.17. The second kappa shape index (κ2) is 4.56. The second-order valence-electron chi connectivity index (χ2n) is 3.61. The summed E-state index contributed by atoms with van der Waals surface area (Å²) in [5.74, 6) is 0. The number of fused-ring (bicyclic) bond motifs is 1. The van der Waals surface area contributed by atoms with Crippen molar-refractivity contribution in [3.05, 3.63) is 42.7 Å². The summed E-state index contributed by atoms with van der Waals surface area (Å²) in [4.78, 5) is 0. The molecule has 0 aliphatic rings. The summed E-state index contributed by atoms with van der Waals surface area (Å²) >= 11 is 0. The fraction of sp³-hybridized carbons (Fsp3) is 0.250. The van der Waals surface area contributed by atoms with E-state index in [1.807, 2.05) is 0 Å². The van der Waals surface area contributed by atoms with E-state index < -0.39 is 0 Å². The molecular formula is C12H14BrN. The number of hydrogen-bond donors (Lipinski definition) is 0. The number of benzene rings is 1. The maximum absolute atomic E-state index is 2.22. The molecule has 74 valence electrons. The Morgan fingerprint density at radius 1 is 1.00 bits per heavy atom. The van der Waals surface area contributed by atoms with Crippen molar-refractivity contribution >= 4 is 10.8 Å². The third-order valence-corrected chi connectivity index (χ3v) is 2.31. The SMILES string of the molecule is CC(C)[n+]1ccc2ccccc2c1.[Br-]. The molecule has 0 spiro atoms. The Kier molecular flexibility index (Phi) is 3.64. The number of halogens is 1. The first-order chi connectivity index (χ1) is 6.27. The lowest BCUT2D eigenvalue weighted by atomic mass is 10.2. The third-order valence-electron chi connectivity index (χ3n) is 2.31. The quantitative estimate of drug-likeness (QED) is 0.614. The Hall–Kier alpha value is -0.890. The lowest BCUT2D eigenvalue weighted by Gasteiger charge is -2.00. The van der Waals surface area contributed by atoms with E-state index in [9.17, 15) is 0 Å². The lowest BCUT2D eigenvalue weighted by molar-refractivity contribution is -0.715. The monoisotopic (exact) mass is 251 g/mol. The van der Waals surface area contributed by atoms with Gasteiger partial charge in [-0.15, -0.1) is 0 Å². The van der Waals surface area contributed by atoms with Crippen molar-refractivity contribution in [2.75, 3.05) is 0 Å². The zero-order valence-corrected chi connectivity index (χ0v) is 10.0. The molecule has 2 heteroatoms. The second-order valence-corrected chi connectivity index (χ2v) is 3.61. The molecule has 0 aliphatic carbocycles. The van der Waals surface area contributed by atoms with Crippen LogP contribution in [-0.2, 0) is 0 Å². The molecule has 1 aromatic carbocycles. The van der Waals surface area contributed by atoms with E-state index in [0.717, 1.165) is 0 Å². The Morgan fingerprint density at radius 3 is 2.29 bits per heavy atom. The number of hydrogen-bond acceptors (Lipinski definition) is 0. The van der Waals surface area contributed by atoms with Gasteiger partial charge in [0.1, 0.15) is 0 Å². The van der Waals surface area contributed by atoms with Crippen molar-refractivity contribution in [1.82, 2.24) is 0 Å². The van der Waals surface area contributed by atoms with E-state index in [4.69, 9.17) is 0 Å². The van der Waals surface area contributed by atoms with Crippen LogP contribution >= 0.6 is 0 Å². The number of aromatic nitrogens is 1. The molecule has 2 rings (SSSR count). The highest BCUT2D eigenvalue weighted by Gasteiger charge is 2.05. The summed E-state index contributed by atoms with van der Waals surface area (Å²) in [6.07, 6.45) is 4.33. The normalized spacial score (nSPS) is 10.2. The van der Waals surface area contributed by atoms with Crippen LogP contribution in [0.4, 0.5) is 0 Å². The van der Waals surface area contributed by atoms with Crippen LogP contribution in [0, 0.1) is 0 Å². The molecule has 1 heterocycles. The van der Waals surface area contributed by atoms with E-state index in [1.54, 1.807) is 0 Å². The lowest BCUT2D eigenvalue weighted by Crippen LogP contribution is -3.00. The molecule has 2 aromatic rings. The highest BCUT2D eigenvalue weighted by atomic mass is 79.9. The topological polar surface area (TPSA) is 3.88 Å². The molecule has 14 heavy (non-hydrogen) atoms. The average molecular weight is 252 g/mol. The molecule has 0 bridgehead atoms. The fourth-order valence-electron chi connectivity index (χ4n) is 1.47. The van der Waals surface area contributed by atoms with Gasteiger partial charge < -0.3 is 17.0 Å².